The number of amides is 1. The van der Waals surface area contributed by atoms with Crippen LogP contribution < -0.4 is 10.1 Å². The van der Waals surface area contributed by atoms with Crippen molar-refractivity contribution in [1.82, 2.24) is 29.0 Å². The normalized spacial score (nSPS) is 23.9. The maximum absolute atomic E-state index is 13.4. The topological polar surface area (TPSA) is 108 Å². The van der Waals surface area contributed by atoms with Gasteiger partial charge in [-0.15, -0.1) is 0 Å². The maximum atomic E-state index is 13.4. The monoisotopic (exact) mass is 461 g/mol. The lowest BCUT2D eigenvalue weighted by molar-refractivity contribution is -0.00627. The Labute approximate surface area is 196 Å². The van der Waals surface area contributed by atoms with Crippen LogP contribution in [0.4, 0.5) is 5.69 Å². The lowest BCUT2D eigenvalue weighted by Gasteiger charge is -2.24. The van der Waals surface area contributed by atoms with Gasteiger partial charge in [0.25, 0.3) is 5.91 Å². The van der Waals surface area contributed by atoms with E-state index >= 15 is 0 Å². The number of imidazole rings is 1. The molecule has 2 bridgehead atoms. The smallest absolute Gasteiger partial charge is 0.262 e. The van der Waals surface area contributed by atoms with E-state index in [4.69, 9.17) is 14.5 Å². The van der Waals surface area contributed by atoms with E-state index in [1.165, 1.54) is 0 Å². The number of carbonyl (C=O) groups excluding carboxylic acids is 1. The molecule has 2 aliphatic rings. The van der Waals surface area contributed by atoms with Gasteiger partial charge in [0.15, 0.2) is 5.65 Å². The van der Waals surface area contributed by atoms with Gasteiger partial charge >= 0.3 is 0 Å². The molecule has 1 aliphatic carbocycles. The SMILES string of the molecule is Cc1cnc2c(NC(=O)c3cn4cc(C56CCC(C)(C5)OC6)nc4nc3OC(C)C)cnn2c1. The summed E-state index contributed by atoms with van der Waals surface area (Å²) in [5.41, 5.74) is 3.16. The molecule has 4 aromatic heterocycles. The van der Waals surface area contributed by atoms with Gasteiger partial charge in [0, 0.05) is 30.2 Å². The van der Waals surface area contributed by atoms with Crippen molar-refractivity contribution in [1.29, 1.82) is 0 Å². The van der Waals surface area contributed by atoms with Gasteiger partial charge < -0.3 is 14.8 Å². The van der Waals surface area contributed by atoms with Crippen LogP contribution in [0.1, 0.15) is 61.6 Å². The number of carbonyl (C=O) groups is 1. The van der Waals surface area contributed by atoms with Crippen LogP contribution >= 0.6 is 0 Å². The Bertz CT molecular complexity index is 1430. The summed E-state index contributed by atoms with van der Waals surface area (Å²) >= 11 is 0. The van der Waals surface area contributed by atoms with Crippen molar-refractivity contribution >= 4 is 23.0 Å². The van der Waals surface area contributed by atoms with Crippen LogP contribution in [0.15, 0.2) is 31.0 Å². The molecule has 5 heterocycles. The fourth-order valence-electron chi connectivity index (χ4n) is 5.12. The molecule has 10 nitrogen and oxygen atoms in total. The second kappa shape index (κ2) is 7.23. The van der Waals surface area contributed by atoms with Gasteiger partial charge in [-0.2, -0.15) is 10.1 Å². The number of hydrogen-bond donors (Lipinski definition) is 1. The van der Waals surface area contributed by atoms with Crippen LogP contribution in [0.5, 0.6) is 5.88 Å². The second-order valence-corrected chi connectivity index (χ2v) is 10.1. The first-order valence-electron chi connectivity index (χ1n) is 11.6. The summed E-state index contributed by atoms with van der Waals surface area (Å²) in [7, 11) is 0. The fraction of sp³-hybridized carbons (Fsp3) is 0.458. The van der Waals surface area contributed by atoms with Crippen LogP contribution in [0.2, 0.25) is 0 Å². The number of nitrogens with one attached hydrogen (secondary N) is 1. The molecule has 1 aliphatic heterocycles. The molecule has 34 heavy (non-hydrogen) atoms. The quantitative estimate of drug-likeness (QED) is 0.486. The molecule has 0 radical (unpaired) electrons. The van der Waals surface area contributed by atoms with Crippen LogP contribution in [-0.2, 0) is 10.2 Å². The summed E-state index contributed by atoms with van der Waals surface area (Å²) in [5, 5.41) is 7.20. The highest BCUT2D eigenvalue weighted by Crippen LogP contribution is 2.53. The highest BCUT2D eigenvalue weighted by atomic mass is 16.5. The molecule has 2 atom stereocenters. The molecule has 1 saturated heterocycles. The fourth-order valence-corrected chi connectivity index (χ4v) is 5.12. The Morgan fingerprint density at radius 3 is 2.76 bits per heavy atom. The van der Waals surface area contributed by atoms with Crippen molar-refractivity contribution in [3.63, 3.8) is 0 Å². The van der Waals surface area contributed by atoms with Crippen molar-refractivity contribution in [3.8, 4) is 5.88 Å². The van der Waals surface area contributed by atoms with E-state index in [0.29, 0.717) is 29.3 Å². The first-order chi connectivity index (χ1) is 16.2. The minimum Gasteiger partial charge on any atom is -0.474 e. The minimum atomic E-state index is -0.353. The molecule has 1 N–H and O–H groups in total. The van der Waals surface area contributed by atoms with E-state index in [0.717, 1.165) is 30.5 Å². The van der Waals surface area contributed by atoms with Crippen molar-refractivity contribution in [3.05, 3.63) is 47.8 Å². The van der Waals surface area contributed by atoms with Crippen LogP contribution in [0.3, 0.4) is 0 Å². The second-order valence-electron chi connectivity index (χ2n) is 10.1. The first kappa shape index (κ1) is 21.0. The summed E-state index contributed by atoms with van der Waals surface area (Å²) in [6.07, 6.45) is 11.7. The predicted octanol–water partition coefficient (Wildman–Crippen LogP) is 3.33. The highest BCUT2D eigenvalue weighted by molar-refractivity contribution is 6.07. The van der Waals surface area contributed by atoms with Crippen LogP contribution in [-0.4, -0.2) is 53.2 Å². The van der Waals surface area contributed by atoms with Gasteiger partial charge in [-0.25, -0.2) is 14.5 Å². The summed E-state index contributed by atoms with van der Waals surface area (Å²) < 4.78 is 15.4. The zero-order valence-electron chi connectivity index (χ0n) is 19.7. The predicted molar refractivity (Wildman–Crippen MR) is 124 cm³/mol. The van der Waals surface area contributed by atoms with E-state index in [1.807, 2.05) is 33.2 Å². The van der Waals surface area contributed by atoms with Gasteiger partial charge in [-0.05, 0) is 52.5 Å². The number of nitrogens with zero attached hydrogens (tertiary/aromatic N) is 6. The van der Waals surface area contributed by atoms with E-state index in [1.54, 1.807) is 27.5 Å². The third-order valence-corrected chi connectivity index (χ3v) is 6.82. The zero-order valence-corrected chi connectivity index (χ0v) is 19.7. The number of ether oxygens (including phenoxy) is 2. The third-order valence-electron chi connectivity index (χ3n) is 6.82. The highest BCUT2D eigenvalue weighted by Gasteiger charge is 2.55. The summed E-state index contributed by atoms with van der Waals surface area (Å²) in [6, 6.07) is 0. The van der Waals surface area contributed by atoms with Crippen molar-refractivity contribution in [2.45, 2.75) is 64.1 Å². The van der Waals surface area contributed by atoms with Gasteiger partial charge in [0.2, 0.25) is 11.7 Å². The number of rotatable bonds is 5. The molecule has 4 aromatic rings. The summed E-state index contributed by atoms with van der Waals surface area (Å²) in [4.78, 5) is 27.2. The maximum Gasteiger partial charge on any atom is 0.262 e. The zero-order chi connectivity index (χ0) is 23.7. The minimum absolute atomic E-state index is 0.0683. The average molecular weight is 462 g/mol. The van der Waals surface area contributed by atoms with Crippen molar-refractivity contribution in [2.75, 3.05) is 11.9 Å². The molecular weight excluding hydrogens is 434 g/mol. The van der Waals surface area contributed by atoms with E-state index in [2.05, 4.69) is 27.3 Å². The Morgan fingerprint density at radius 2 is 2.06 bits per heavy atom. The Hall–Kier alpha value is -3.53. The molecule has 1 saturated carbocycles. The number of anilines is 1. The molecule has 0 spiro atoms. The summed E-state index contributed by atoms with van der Waals surface area (Å²) in [5.74, 6) is 0.396. The van der Waals surface area contributed by atoms with Gasteiger partial charge in [-0.3, -0.25) is 9.20 Å². The third kappa shape index (κ3) is 3.32. The van der Waals surface area contributed by atoms with Crippen LogP contribution in [0.25, 0.3) is 11.4 Å². The average Bonchev–Trinajstić information content (AvgIpc) is 3.53. The van der Waals surface area contributed by atoms with Gasteiger partial charge in [0.1, 0.15) is 11.3 Å². The van der Waals surface area contributed by atoms with E-state index in [9.17, 15) is 4.79 Å². The summed E-state index contributed by atoms with van der Waals surface area (Å²) in [6.45, 7) is 8.57. The molecule has 10 heteroatoms. The Kier molecular flexibility index (Phi) is 4.47. The van der Waals surface area contributed by atoms with Gasteiger partial charge in [-0.1, -0.05) is 0 Å². The van der Waals surface area contributed by atoms with E-state index < -0.39 is 0 Å². The van der Waals surface area contributed by atoms with Crippen molar-refractivity contribution < 1.29 is 14.3 Å². The number of aryl methyl sites for hydroxylation is 1. The lowest BCUT2D eigenvalue weighted by Crippen LogP contribution is -2.26. The van der Waals surface area contributed by atoms with Gasteiger partial charge in [0.05, 0.1) is 30.2 Å². The largest absolute Gasteiger partial charge is 0.474 e. The number of hydrogen-bond acceptors (Lipinski definition) is 7. The molecule has 2 fully saturated rings. The van der Waals surface area contributed by atoms with E-state index in [-0.39, 0.29) is 28.9 Å². The number of fused-ring (bicyclic) bond motifs is 4. The molecular formula is C24H27N7O3. The standard InChI is InChI=1S/C24H27N7O3/c1-14(2)34-21-16(20(32)27-17-8-26-31-9-15(3)7-25-19(17)31)10-30-11-18(28-22(30)29-21)24-6-5-23(4,12-24)33-13-24/h7-11,14H,5-6,12-13H2,1-4H3,(H,27,32). The molecule has 1 amide bonds. The number of aromatic nitrogens is 6. The molecule has 0 aromatic carbocycles. The molecule has 6 rings (SSSR count). The lowest BCUT2D eigenvalue weighted by atomic mass is 9.84. The molecule has 176 valence electrons. The first-order valence-corrected chi connectivity index (χ1v) is 11.6. The molecule has 2 unspecified atom stereocenters. The van der Waals surface area contributed by atoms with Crippen molar-refractivity contribution in [2.24, 2.45) is 0 Å². The van der Waals surface area contributed by atoms with Crippen LogP contribution in [0, 0.1) is 6.92 Å². The Morgan fingerprint density at radius 1 is 1.21 bits per heavy atom. The Balaban J connectivity index is 1.38.